The first-order chi connectivity index (χ1) is 14.3. The van der Waals surface area contributed by atoms with Gasteiger partial charge in [-0.1, -0.05) is 34.6 Å². The van der Waals surface area contributed by atoms with Crippen molar-refractivity contribution in [3.05, 3.63) is 39.9 Å². The molecule has 0 N–H and O–H groups in total. The SMILES string of the molecule is CC(C)(C)SC1CC(=O)N1C(C(=O)OCc1ccc([N+](=O)[O-])cc1)C(=O)C(C)(C)CCl. The number of hydrogen-bond donors (Lipinski definition) is 0. The van der Waals surface area contributed by atoms with Gasteiger partial charge in [-0.05, 0) is 17.7 Å². The number of non-ortho nitro benzene ring substituents is 1. The number of Topliss-reactive ketones (excluding diaryl/α,β-unsaturated/α-hetero) is 1. The molecule has 10 heteroatoms. The van der Waals surface area contributed by atoms with Crippen LogP contribution < -0.4 is 0 Å². The number of likely N-dealkylation sites (tertiary alicyclic amines) is 1. The van der Waals surface area contributed by atoms with Gasteiger partial charge in [-0.2, -0.15) is 0 Å². The number of hydrogen-bond acceptors (Lipinski definition) is 7. The third kappa shape index (κ3) is 6.20. The molecule has 1 aliphatic heterocycles. The Morgan fingerprint density at radius 1 is 1.26 bits per heavy atom. The predicted octanol–water partition coefficient (Wildman–Crippen LogP) is 3.93. The molecule has 0 aliphatic carbocycles. The molecule has 1 aliphatic rings. The topological polar surface area (TPSA) is 107 Å². The summed E-state index contributed by atoms with van der Waals surface area (Å²) in [6.45, 7) is 9.03. The van der Waals surface area contributed by atoms with Crippen LogP contribution in [0.25, 0.3) is 0 Å². The second-order valence-corrected chi connectivity index (χ2v) is 11.3. The number of nitro groups is 1. The van der Waals surface area contributed by atoms with E-state index in [1.54, 1.807) is 13.8 Å². The Kier molecular flexibility index (Phi) is 7.75. The lowest BCUT2D eigenvalue weighted by Gasteiger charge is -2.46. The van der Waals surface area contributed by atoms with Crippen LogP contribution in [0.2, 0.25) is 0 Å². The lowest BCUT2D eigenvalue weighted by molar-refractivity contribution is -0.384. The van der Waals surface area contributed by atoms with Crippen LogP contribution in [0.15, 0.2) is 24.3 Å². The molecule has 2 rings (SSSR count). The van der Waals surface area contributed by atoms with Crippen LogP contribution >= 0.6 is 23.4 Å². The molecule has 1 aromatic rings. The number of esters is 1. The fraction of sp³-hybridized carbons (Fsp3) is 0.571. The highest BCUT2D eigenvalue weighted by Crippen LogP contribution is 2.40. The molecule has 31 heavy (non-hydrogen) atoms. The Morgan fingerprint density at radius 3 is 2.29 bits per heavy atom. The number of ketones is 1. The number of thioether (sulfide) groups is 1. The molecule has 0 radical (unpaired) electrons. The van der Waals surface area contributed by atoms with Crippen LogP contribution in [0.3, 0.4) is 0 Å². The number of amides is 1. The number of ether oxygens (including phenoxy) is 1. The molecule has 0 aromatic heterocycles. The highest BCUT2D eigenvalue weighted by molar-refractivity contribution is 8.01. The normalized spacial score (nSPS) is 17.7. The largest absolute Gasteiger partial charge is 0.459 e. The number of carbonyl (C=O) groups is 3. The van der Waals surface area contributed by atoms with Crippen molar-refractivity contribution in [1.29, 1.82) is 0 Å². The molecular formula is C21H27ClN2O6S. The maximum Gasteiger partial charge on any atom is 0.337 e. The molecule has 8 nitrogen and oxygen atoms in total. The second kappa shape index (κ2) is 9.56. The zero-order chi connectivity index (χ0) is 23.6. The van der Waals surface area contributed by atoms with E-state index >= 15 is 0 Å². The van der Waals surface area contributed by atoms with E-state index in [1.807, 2.05) is 20.8 Å². The number of β-lactam (4-membered cyclic amide) rings is 1. The number of nitro benzene ring substituents is 1. The van der Waals surface area contributed by atoms with Crippen molar-refractivity contribution in [2.45, 2.75) is 63.8 Å². The first-order valence-corrected chi connectivity index (χ1v) is 11.2. The molecule has 2 unspecified atom stereocenters. The summed E-state index contributed by atoms with van der Waals surface area (Å²) in [5, 5.41) is 10.5. The van der Waals surface area contributed by atoms with Crippen molar-refractivity contribution in [2.24, 2.45) is 5.41 Å². The minimum Gasteiger partial charge on any atom is -0.459 e. The molecule has 170 valence electrons. The van der Waals surface area contributed by atoms with Gasteiger partial charge in [-0.25, -0.2) is 4.79 Å². The number of carbonyl (C=O) groups excluding carboxylic acids is 3. The molecule has 1 amide bonds. The van der Waals surface area contributed by atoms with Crippen LogP contribution in [0, 0.1) is 15.5 Å². The van der Waals surface area contributed by atoms with Crippen molar-refractivity contribution in [1.82, 2.24) is 4.90 Å². The standard InChI is InChI=1S/C21H27ClN2O6S/c1-20(2,3)31-16-10-15(25)23(16)17(18(26)21(4,5)12-22)19(27)30-11-13-6-8-14(9-7-13)24(28)29/h6-9,16-17H,10-12H2,1-5H3. The van der Waals surface area contributed by atoms with E-state index in [1.165, 1.54) is 40.9 Å². The summed E-state index contributed by atoms with van der Waals surface area (Å²) < 4.78 is 5.18. The Bertz CT molecular complexity index is 866. The molecule has 0 bridgehead atoms. The summed E-state index contributed by atoms with van der Waals surface area (Å²) in [7, 11) is 0. The molecule has 1 aromatic carbocycles. The van der Waals surface area contributed by atoms with E-state index in [0.717, 1.165) is 0 Å². The minimum atomic E-state index is -1.40. The van der Waals surface area contributed by atoms with Gasteiger partial charge in [-0.15, -0.1) is 23.4 Å². The van der Waals surface area contributed by atoms with Gasteiger partial charge in [0.05, 0.1) is 16.7 Å². The predicted molar refractivity (Wildman–Crippen MR) is 119 cm³/mol. The average molecular weight is 471 g/mol. The average Bonchev–Trinajstić information content (AvgIpc) is 2.68. The first kappa shape index (κ1) is 25.1. The lowest BCUT2D eigenvalue weighted by atomic mass is 9.84. The van der Waals surface area contributed by atoms with Crippen molar-refractivity contribution in [3.8, 4) is 0 Å². The molecule has 1 heterocycles. The minimum absolute atomic E-state index is 0.0168. The zero-order valence-corrected chi connectivity index (χ0v) is 19.8. The quantitative estimate of drug-likeness (QED) is 0.134. The van der Waals surface area contributed by atoms with E-state index in [4.69, 9.17) is 16.3 Å². The maximum atomic E-state index is 13.2. The van der Waals surface area contributed by atoms with Gasteiger partial charge < -0.3 is 9.64 Å². The third-order valence-corrected chi connectivity index (χ3v) is 6.76. The summed E-state index contributed by atoms with van der Waals surface area (Å²) in [6, 6.07) is 4.15. The van der Waals surface area contributed by atoms with Gasteiger partial charge in [0.15, 0.2) is 11.8 Å². The van der Waals surface area contributed by atoms with Crippen LogP contribution in [-0.4, -0.2) is 49.5 Å². The van der Waals surface area contributed by atoms with Crippen molar-refractivity contribution in [3.63, 3.8) is 0 Å². The number of benzene rings is 1. The highest BCUT2D eigenvalue weighted by atomic mass is 35.5. The summed E-state index contributed by atoms with van der Waals surface area (Å²) >= 11 is 7.46. The maximum absolute atomic E-state index is 13.2. The molecular weight excluding hydrogens is 444 g/mol. The fourth-order valence-electron chi connectivity index (χ4n) is 2.95. The Labute approximate surface area is 190 Å². The van der Waals surface area contributed by atoms with E-state index in [2.05, 4.69) is 0 Å². The molecule has 1 fully saturated rings. The monoisotopic (exact) mass is 470 g/mol. The zero-order valence-electron chi connectivity index (χ0n) is 18.2. The van der Waals surface area contributed by atoms with Crippen LogP contribution in [0.4, 0.5) is 5.69 Å². The van der Waals surface area contributed by atoms with Crippen LogP contribution in [0.1, 0.15) is 46.6 Å². The summed E-state index contributed by atoms with van der Waals surface area (Å²) in [4.78, 5) is 50.2. The van der Waals surface area contributed by atoms with Gasteiger partial charge in [0.25, 0.3) is 5.69 Å². The van der Waals surface area contributed by atoms with E-state index in [9.17, 15) is 24.5 Å². The van der Waals surface area contributed by atoms with Gasteiger partial charge in [0.1, 0.15) is 6.61 Å². The summed E-state index contributed by atoms with van der Waals surface area (Å²) in [6.07, 6.45) is 0.239. The Morgan fingerprint density at radius 2 is 1.84 bits per heavy atom. The number of alkyl halides is 1. The Hall–Kier alpha value is -2.13. The molecule has 0 spiro atoms. The number of nitrogens with zero attached hydrogens (tertiary/aromatic N) is 2. The smallest absolute Gasteiger partial charge is 0.337 e. The van der Waals surface area contributed by atoms with Gasteiger partial charge in [-0.3, -0.25) is 19.7 Å². The van der Waals surface area contributed by atoms with E-state index in [0.29, 0.717) is 5.56 Å². The third-order valence-electron chi connectivity index (χ3n) is 4.72. The van der Waals surface area contributed by atoms with Crippen molar-refractivity contribution >= 4 is 46.7 Å². The summed E-state index contributed by atoms with van der Waals surface area (Å²) in [5.74, 6) is -1.63. The molecule has 1 saturated heterocycles. The van der Waals surface area contributed by atoms with E-state index in [-0.39, 0.29) is 40.6 Å². The first-order valence-electron chi connectivity index (χ1n) is 9.76. The highest BCUT2D eigenvalue weighted by Gasteiger charge is 2.51. The number of halogens is 1. The van der Waals surface area contributed by atoms with Crippen molar-refractivity contribution < 1.29 is 24.0 Å². The van der Waals surface area contributed by atoms with Crippen LogP contribution in [-0.2, 0) is 25.7 Å². The Balaban J connectivity index is 2.23. The molecule has 0 saturated carbocycles. The van der Waals surface area contributed by atoms with Gasteiger partial charge in [0, 0.05) is 28.2 Å². The number of rotatable bonds is 9. The summed E-state index contributed by atoms with van der Waals surface area (Å²) in [5.41, 5.74) is -0.594. The van der Waals surface area contributed by atoms with E-state index < -0.39 is 28.1 Å². The van der Waals surface area contributed by atoms with Gasteiger partial charge in [0.2, 0.25) is 5.91 Å². The van der Waals surface area contributed by atoms with Gasteiger partial charge >= 0.3 is 5.97 Å². The fourth-order valence-corrected chi connectivity index (χ4v) is 4.47. The lowest BCUT2D eigenvalue weighted by Crippen LogP contribution is -2.64. The second-order valence-electron chi connectivity index (χ2n) is 9.01. The van der Waals surface area contributed by atoms with Crippen molar-refractivity contribution in [2.75, 3.05) is 5.88 Å². The van der Waals surface area contributed by atoms with Crippen LogP contribution in [0.5, 0.6) is 0 Å². The molecule has 2 atom stereocenters.